The van der Waals surface area contributed by atoms with Crippen molar-refractivity contribution in [2.24, 2.45) is 0 Å². The Balaban J connectivity index is 1.73. The number of ether oxygens (including phenoxy) is 1. The van der Waals surface area contributed by atoms with Crippen LogP contribution in [0.3, 0.4) is 0 Å². The Kier molecular flexibility index (Phi) is 5.03. The van der Waals surface area contributed by atoms with Crippen molar-refractivity contribution in [2.75, 3.05) is 19.3 Å². The lowest BCUT2D eigenvalue weighted by Crippen LogP contribution is -2.38. The van der Waals surface area contributed by atoms with Gasteiger partial charge in [-0.1, -0.05) is 0 Å². The van der Waals surface area contributed by atoms with Gasteiger partial charge in [-0.05, 0) is 57.0 Å². The maximum atomic E-state index is 12.3. The molecule has 0 N–H and O–H groups in total. The van der Waals surface area contributed by atoms with Crippen LogP contribution in [0.2, 0.25) is 0 Å². The monoisotopic (exact) mass is 391 g/mol. The molecule has 146 valence electrons. The van der Waals surface area contributed by atoms with Gasteiger partial charge in [0.2, 0.25) is 0 Å². The first kappa shape index (κ1) is 19.4. The van der Waals surface area contributed by atoms with Crippen LogP contribution in [0.15, 0.2) is 35.4 Å². The van der Waals surface area contributed by atoms with Gasteiger partial charge in [0.05, 0.1) is 16.3 Å². The van der Waals surface area contributed by atoms with E-state index in [1.54, 1.807) is 33.8 Å². The maximum Gasteiger partial charge on any atom is 0.410 e. The Hall–Kier alpha value is -2.35. The lowest BCUT2D eigenvalue weighted by atomic mass is 10.2. The fourth-order valence-corrected chi connectivity index (χ4v) is 3.59. The predicted octanol–water partition coefficient (Wildman–Crippen LogP) is 2.61. The van der Waals surface area contributed by atoms with E-state index in [2.05, 4.69) is 5.10 Å². The third-order valence-corrected chi connectivity index (χ3v) is 5.46. The summed E-state index contributed by atoms with van der Waals surface area (Å²) < 4.78 is 30.4. The number of nitrogens with zero attached hydrogens (tertiary/aromatic N) is 3. The van der Waals surface area contributed by atoms with E-state index in [1.165, 1.54) is 6.26 Å². The zero-order valence-electron chi connectivity index (χ0n) is 16.1. The molecular weight excluding hydrogens is 366 g/mol. The van der Waals surface area contributed by atoms with Crippen molar-refractivity contribution < 1.29 is 17.9 Å². The molecule has 1 aromatic heterocycles. The van der Waals surface area contributed by atoms with Crippen LogP contribution in [0.5, 0.6) is 0 Å². The number of hydrogen-bond acceptors (Lipinski definition) is 5. The third-order valence-electron chi connectivity index (χ3n) is 4.33. The van der Waals surface area contributed by atoms with Gasteiger partial charge in [0.25, 0.3) is 0 Å². The van der Waals surface area contributed by atoms with Crippen LogP contribution in [-0.4, -0.2) is 54.1 Å². The van der Waals surface area contributed by atoms with Crippen molar-refractivity contribution in [1.82, 2.24) is 14.7 Å². The summed E-state index contributed by atoms with van der Waals surface area (Å²) in [4.78, 5) is 14.3. The zero-order valence-corrected chi connectivity index (χ0v) is 16.9. The standard InChI is InChI=1S/C19H25N3O4S/c1-19(2,3)26-18(23)21-11-9-14-13-22(20-17(14)10-12-21)15-5-7-16(8-6-15)27(4,24)25/h5-8,13H,9-12H2,1-4H3. The summed E-state index contributed by atoms with van der Waals surface area (Å²) in [5.41, 5.74) is 2.34. The first-order chi connectivity index (χ1) is 12.5. The largest absolute Gasteiger partial charge is 0.444 e. The molecule has 1 aliphatic heterocycles. The van der Waals surface area contributed by atoms with Crippen LogP contribution in [0, 0.1) is 0 Å². The second kappa shape index (κ2) is 6.99. The molecule has 8 heteroatoms. The number of sulfone groups is 1. The topological polar surface area (TPSA) is 81.5 Å². The van der Waals surface area contributed by atoms with Gasteiger partial charge in [-0.15, -0.1) is 0 Å². The van der Waals surface area contributed by atoms with Crippen LogP contribution in [0.4, 0.5) is 4.79 Å². The highest BCUT2D eigenvalue weighted by Crippen LogP contribution is 2.20. The molecule has 0 fully saturated rings. The minimum atomic E-state index is -3.22. The SMILES string of the molecule is CC(C)(C)OC(=O)N1CCc2cn(-c3ccc(S(C)(=O)=O)cc3)nc2CC1. The molecule has 0 unspecified atom stereocenters. The van der Waals surface area contributed by atoms with E-state index in [1.807, 2.05) is 27.0 Å². The molecular formula is C19H25N3O4S. The van der Waals surface area contributed by atoms with Crippen molar-refractivity contribution in [1.29, 1.82) is 0 Å². The van der Waals surface area contributed by atoms with Gasteiger partial charge in [0.1, 0.15) is 5.60 Å². The van der Waals surface area contributed by atoms with E-state index >= 15 is 0 Å². The number of carbonyl (C=O) groups is 1. The molecule has 1 aromatic carbocycles. The highest BCUT2D eigenvalue weighted by molar-refractivity contribution is 7.90. The van der Waals surface area contributed by atoms with E-state index < -0.39 is 15.4 Å². The number of benzene rings is 1. The van der Waals surface area contributed by atoms with E-state index in [9.17, 15) is 13.2 Å². The number of rotatable bonds is 2. The molecule has 0 atom stereocenters. The Morgan fingerprint density at radius 2 is 1.74 bits per heavy atom. The second-order valence-electron chi connectivity index (χ2n) is 7.78. The van der Waals surface area contributed by atoms with Crippen LogP contribution in [0.1, 0.15) is 32.0 Å². The normalized spacial score (nSPS) is 15.2. The van der Waals surface area contributed by atoms with Gasteiger partial charge in [0.15, 0.2) is 9.84 Å². The van der Waals surface area contributed by atoms with E-state index in [4.69, 9.17) is 4.74 Å². The quantitative estimate of drug-likeness (QED) is 0.786. The molecule has 0 aliphatic carbocycles. The third kappa shape index (κ3) is 4.68. The number of fused-ring (bicyclic) bond motifs is 1. The van der Waals surface area contributed by atoms with Crippen LogP contribution >= 0.6 is 0 Å². The average Bonchev–Trinajstić information content (AvgIpc) is 2.85. The number of carbonyl (C=O) groups excluding carboxylic acids is 1. The van der Waals surface area contributed by atoms with Gasteiger partial charge in [0, 0.05) is 32.0 Å². The Bertz CT molecular complexity index is 915. The molecule has 0 bridgehead atoms. The summed E-state index contributed by atoms with van der Waals surface area (Å²) >= 11 is 0. The van der Waals surface area contributed by atoms with Gasteiger partial charge < -0.3 is 9.64 Å². The fraction of sp³-hybridized carbons (Fsp3) is 0.474. The molecule has 0 saturated heterocycles. The van der Waals surface area contributed by atoms with Crippen molar-refractivity contribution in [3.63, 3.8) is 0 Å². The number of aromatic nitrogens is 2. The van der Waals surface area contributed by atoms with Gasteiger partial charge in [-0.2, -0.15) is 5.10 Å². The first-order valence-corrected chi connectivity index (χ1v) is 10.8. The predicted molar refractivity (Wildman–Crippen MR) is 102 cm³/mol. The fourth-order valence-electron chi connectivity index (χ4n) is 2.96. The number of amides is 1. The molecule has 2 heterocycles. The molecule has 27 heavy (non-hydrogen) atoms. The molecule has 3 rings (SSSR count). The lowest BCUT2D eigenvalue weighted by molar-refractivity contribution is 0.0258. The Morgan fingerprint density at radius 3 is 2.33 bits per heavy atom. The van der Waals surface area contributed by atoms with Crippen LogP contribution in [-0.2, 0) is 27.4 Å². The summed E-state index contributed by atoms with van der Waals surface area (Å²) in [6, 6.07) is 6.66. The highest BCUT2D eigenvalue weighted by Gasteiger charge is 2.25. The maximum absolute atomic E-state index is 12.3. The van der Waals surface area contributed by atoms with Gasteiger partial charge >= 0.3 is 6.09 Å². The zero-order chi connectivity index (χ0) is 19.8. The molecule has 0 saturated carbocycles. The molecule has 1 amide bonds. The van der Waals surface area contributed by atoms with E-state index in [0.29, 0.717) is 25.9 Å². The molecule has 0 radical (unpaired) electrons. The van der Waals surface area contributed by atoms with Crippen molar-refractivity contribution in [2.45, 2.75) is 44.1 Å². The summed E-state index contributed by atoms with van der Waals surface area (Å²) in [6.45, 7) is 6.72. The number of hydrogen-bond donors (Lipinski definition) is 0. The Labute approximate surface area is 159 Å². The van der Waals surface area contributed by atoms with E-state index in [0.717, 1.165) is 16.9 Å². The molecule has 1 aliphatic rings. The first-order valence-electron chi connectivity index (χ1n) is 8.89. The molecule has 7 nitrogen and oxygen atoms in total. The average molecular weight is 391 g/mol. The summed E-state index contributed by atoms with van der Waals surface area (Å²) in [7, 11) is -3.22. The summed E-state index contributed by atoms with van der Waals surface area (Å²) in [5, 5.41) is 4.63. The van der Waals surface area contributed by atoms with Crippen molar-refractivity contribution >= 4 is 15.9 Å². The lowest BCUT2D eigenvalue weighted by Gasteiger charge is -2.26. The minimum Gasteiger partial charge on any atom is -0.444 e. The van der Waals surface area contributed by atoms with Crippen LogP contribution in [0.25, 0.3) is 5.69 Å². The van der Waals surface area contributed by atoms with Crippen LogP contribution < -0.4 is 0 Å². The summed E-state index contributed by atoms with van der Waals surface area (Å²) in [6.07, 6.45) is 4.20. The summed E-state index contributed by atoms with van der Waals surface area (Å²) in [5.74, 6) is 0. The van der Waals surface area contributed by atoms with Crippen molar-refractivity contribution in [3.8, 4) is 5.69 Å². The van der Waals surface area contributed by atoms with E-state index in [-0.39, 0.29) is 11.0 Å². The molecule has 0 spiro atoms. The highest BCUT2D eigenvalue weighted by atomic mass is 32.2. The van der Waals surface area contributed by atoms with Gasteiger partial charge in [-0.3, -0.25) is 0 Å². The second-order valence-corrected chi connectivity index (χ2v) is 9.79. The molecule has 2 aromatic rings. The smallest absolute Gasteiger partial charge is 0.410 e. The minimum absolute atomic E-state index is 0.285. The van der Waals surface area contributed by atoms with Gasteiger partial charge in [-0.25, -0.2) is 17.9 Å². The Morgan fingerprint density at radius 1 is 1.11 bits per heavy atom. The van der Waals surface area contributed by atoms with Crippen molar-refractivity contribution in [3.05, 3.63) is 41.7 Å².